The smallest absolute Gasteiger partial charge is 0.191 e. The van der Waals surface area contributed by atoms with Gasteiger partial charge in [0.2, 0.25) is 0 Å². The van der Waals surface area contributed by atoms with Gasteiger partial charge in [0.25, 0.3) is 0 Å². The molecule has 0 aromatic carbocycles. The average molecular weight is 353 g/mol. The molecule has 98 valence electrons. The maximum atomic E-state index is 5.04. The van der Waals surface area contributed by atoms with Crippen LogP contribution in [-0.2, 0) is 11.3 Å². The fourth-order valence-electron chi connectivity index (χ4n) is 1.28. The Hall–Kier alpha value is -0.830. The average Bonchev–Trinajstić information content (AvgIpc) is 2.77. The largest absolute Gasteiger partial charge is 0.383 e. The highest BCUT2D eigenvalue weighted by Gasteiger charge is 2.04. The van der Waals surface area contributed by atoms with Crippen molar-refractivity contribution in [3.63, 3.8) is 0 Å². The molecule has 1 unspecified atom stereocenters. The molecule has 0 fully saturated rings. The number of guanidine groups is 1. The molecule has 0 aliphatic rings. The molecule has 0 radical (unpaired) electrons. The molecule has 1 aromatic heterocycles. The van der Waals surface area contributed by atoms with Crippen LogP contribution in [0.5, 0.6) is 0 Å². The van der Waals surface area contributed by atoms with Crippen LogP contribution in [-0.4, -0.2) is 43.0 Å². The molecule has 6 nitrogen and oxygen atoms in total. The third-order valence-electron chi connectivity index (χ3n) is 2.03. The van der Waals surface area contributed by atoms with Crippen LogP contribution in [0.25, 0.3) is 0 Å². The number of hydrogen-bond acceptors (Lipinski definition) is 3. The van der Waals surface area contributed by atoms with Crippen molar-refractivity contribution in [2.45, 2.75) is 19.5 Å². The summed E-state index contributed by atoms with van der Waals surface area (Å²) in [6, 6.07) is 2.14. The molecule has 0 aliphatic carbocycles. The minimum Gasteiger partial charge on any atom is -0.383 e. The molecule has 0 bridgehead atoms. The van der Waals surface area contributed by atoms with Crippen LogP contribution < -0.4 is 10.6 Å². The number of H-pyrrole nitrogens is 1. The van der Waals surface area contributed by atoms with Gasteiger partial charge in [0.15, 0.2) is 5.96 Å². The second-order valence-corrected chi connectivity index (χ2v) is 3.51. The number of aromatic nitrogens is 2. The Morgan fingerprint density at radius 1 is 1.65 bits per heavy atom. The SMILES string of the molecule is CN=C(NCc1ccn[nH]1)NC(C)COC.I. The lowest BCUT2D eigenvalue weighted by atomic mass is 10.4. The Morgan fingerprint density at radius 2 is 2.41 bits per heavy atom. The van der Waals surface area contributed by atoms with E-state index < -0.39 is 0 Å². The van der Waals surface area contributed by atoms with E-state index in [1.807, 2.05) is 13.0 Å². The molecule has 0 saturated heterocycles. The first-order chi connectivity index (χ1) is 7.76. The van der Waals surface area contributed by atoms with Crippen LogP contribution in [0.1, 0.15) is 12.6 Å². The molecule has 0 aliphatic heterocycles. The number of ether oxygens (including phenoxy) is 1. The van der Waals surface area contributed by atoms with E-state index in [1.54, 1.807) is 20.4 Å². The molecule has 3 N–H and O–H groups in total. The second-order valence-electron chi connectivity index (χ2n) is 3.51. The normalized spacial score (nSPS) is 12.8. The zero-order valence-electron chi connectivity index (χ0n) is 10.4. The maximum absolute atomic E-state index is 5.04. The van der Waals surface area contributed by atoms with Gasteiger partial charge >= 0.3 is 0 Å². The molecule has 17 heavy (non-hydrogen) atoms. The number of nitrogens with zero attached hydrogens (tertiary/aromatic N) is 2. The molecule has 1 rings (SSSR count). The van der Waals surface area contributed by atoms with Crippen molar-refractivity contribution < 1.29 is 4.74 Å². The molecule has 0 spiro atoms. The third-order valence-corrected chi connectivity index (χ3v) is 2.03. The van der Waals surface area contributed by atoms with Gasteiger partial charge in [-0.05, 0) is 13.0 Å². The highest BCUT2D eigenvalue weighted by Crippen LogP contribution is 1.90. The van der Waals surface area contributed by atoms with E-state index >= 15 is 0 Å². The van der Waals surface area contributed by atoms with E-state index in [4.69, 9.17) is 4.74 Å². The molecule has 7 heteroatoms. The highest BCUT2D eigenvalue weighted by molar-refractivity contribution is 14.0. The van der Waals surface area contributed by atoms with Crippen LogP contribution in [0, 0.1) is 0 Å². The van der Waals surface area contributed by atoms with Crippen molar-refractivity contribution in [2.75, 3.05) is 20.8 Å². The van der Waals surface area contributed by atoms with Crippen molar-refractivity contribution in [2.24, 2.45) is 4.99 Å². The second kappa shape index (κ2) is 9.23. The quantitative estimate of drug-likeness (QED) is 0.415. The van der Waals surface area contributed by atoms with Crippen LogP contribution in [0.2, 0.25) is 0 Å². The highest BCUT2D eigenvalue weighted by atomic mass is 127. The van der Waals surface area contributed by atoms with Gasteiger partial charge in [0, 0.05) is 26.4 Å². The van der Waals surface area contributed by atoms with E-state index in [0.29, 0.717) is 13.2 Å². The summed E-state index contributed by atoms with van der Waals surface area (Å²) in [6.07, 6.45) is 1.72. The fraction of sp³-hybridized carbons (Fsp3) is 0.600. The van der Waals surface area contributed by atoms with E-state index in [2.05, 4.69) is 25.8 Å². The minimum absolute atomic E-state index is 0. The number of halogens is 1. The first-order valence-electron chi connectivity index (χ1n) is 5.20. The fourth-order valence-corrected chi connectivity index (χ4v) is 1.28. The summed E-state index contributed by atoms with van der Waals surface area (Å²) in [6.45, 7) is 3.34. The minimum atomic E-state index is 0. The molecular formula is C10H20IN5O. The lowest BCUT2D eigenvalue weighted by molar-refractivity contribution is 0.179. The Balaban J connectivity index is 0.00000256. The van der Waals surface area contributed by atoms with Gasteiger partial charge in [-0.2, -0.15) is 5.10 Å². The predicted molar refractivity (Wildman–Crippen MR) is 78.7 cm³/mol. The van der Waals surface area contributed by atoms with E-state index in [0.717, 1.165) is 11.7 Å². The lowest BCUT2D eigenvalue weighted by Gasteiger charge is -2.16. The summed E-state index contributed by atoms with van der Waals surface area (Å²) in [4.78, 5) is 4.11. The summed E-state index contributed by atoms with van der Waals surface area (Å²) in [5, 5.41) is 13.1. The lowest BCUT2D eigenvalue weighted by Crippen LogP contribution is -2.43. The number of hydrogen-bond donors (Lipinski definition) is 3. The summed E-state index contributed by atoms with van der Waals surface area (Å²) < 4.78 is 5.04. The van der Waals surface area contributed by atoms with Crippen molar-refractivity contribution in [1.29, 1.82) is 0 Å². The van der Waals surface area contributed by atoms with Gasteiger partial charge in [-0.15, -0.1) is 24.0 Å². The topological polar surface area (TPSA) is 74.3 Å². The third kappa shape index (κ3) is 6.47. The monoisotopic (exact) mass is 353 g/mol. The number of nitrogens with one attached hydrogen (secondary N) is 3. The maximum Gasteiger partial charge on any atom is 0.191 e. The van der Waals surface area contributed by atoms with E-state index in [-0.39, 0.29) is 30.0 Å². The molecule has 1 heterocycles. The van der Waals surface area contributed by atoms with Crippen molar-refractivity contribution in [1.82, 2.24) is 20.8 Å². The van der Waals surface area contributed by atoms with Gasteiger partial charge < -0.3 is 15.4 Å². The molecule has 1 atom stereocenters. The molecule has 0 saturated carbocycles. The molecule has 0 amide bonds. The number of aromatic amines is 1. The summed E-state index contributed by atoms with van der Waals surface area (Å²) >= 11 is 0. The van der Waals surface area contributed by atoms with Gasteiger partial charge in [-0.1, -0.05) is 0 Å². The first-order valence-corrected chi connectivity index (χ1v) is 5.20. The number of rotatable bonds is 5. The summed E-state index contributed by atoms with van der Waals surface area (Å²) in [5.41, 5.74) is 1.02. The first kappa shape index (κ1) is 16.2. The number of methoxy groups -OCH3 is 1. The summed E-state index contributed by atoms with van der Waals surface area (Å²) in [7, 11) is 3.42. The zero-order valence-corrected chi connectivity index (χ0v) is 12.7. The van der Waals surface area contributed by atoms with Crippen molar-refractivity contribution >= 4 is 29.9 Å². The Kier molecular flexibility index (Phi) is 8.78. The Bertz CT molecular complexity index is 315. The van der Waals surface area contributed by atoms with Gasteiger partial charge in [-0.25, -0.2) is 0 Å². The standard InChI is InChI=1S/C10H19N5O.HI/c1-8(7-16-3)14-10(11-2)12-6-9-4-5-13-15-9;/h4-5,8H,6-7H2,1-3H3,(H,13,15)(H2,11,12,14);1H. The Morgan fingerprint density at radius 3 is 2.94 bits per heavy atom. The summed E-state index contributed by atoms with van der Waals surface area (Å²) in [5.74, 6) is 0.749. The van der Waals surface area contributed by atoms with E-state index in [9.17, 15) is 0 Å². The molecular weight excluding hydrogens is 333 g/mol. The van der Waals surface area contributed by atoms with Gasteiger partial charge in [0.05, 0.1) is 18.8 Å². The van der Waals surface area contributed by atoms with Crippen molar-refractivity contribution in [3.8, 4) is 0 Å². The van der Waals surface area contributed by atoms with Crippen LogP contribution >= 0.6 is 24.0 Å². The van der Waals surface area contributed by atoms with Crippen LogP contribution in [0.4, 0.5) is 0 Å². The number of aliphatic imine (C=N–C) groups is 1. The van der Waals surface area contributed by atoms with Crippen molar-refractivity contribution in [3.05, 3.63) is 18.0 Å². The zero-order chi connectivity index (χ0) is 11.8. The van der Waals surface area contributed by atoms with Crippen LogP contribution in [0.3, 0.4) is 0 Å². The molecule has 1 aromatic rings. The van der Waals surface area contributed by atoms with Gasteiger partial charge in [-0.3, -0.25) is 10.1 Å². The van der Waals surface area contributed by atoms with Crippen LogP contribution in [0.15, 0.2) is 17.3 Å². The van der Waals surface area contributed by atoms with Gasteiger partial charge in [0.1, 0.15) is 0 Å². The Labute approximate surface area is 119 Å². The van der Waals surface area contributed by atoms with E-state index in [1.165, 1.54) is 0 Å². The predicted octanol–water partition coefficient (Wildman–Crippen LogP) is 0.728.